The molecule has 6 amide bonds. The molecule has 1 heterocycles. The highest BCUT2D eigenvalue weighted by Crippen LogP contribution is 2.20. The van der Waals surface area contributed by atoms with Crippen LogP contribution in [0.15, 0.2) is 12.7 Å². The van der Waals surface area contributed by atoms with Gasteiger partial charge >= 0.3 is 6.03 Å². The quantitative estimate of drug-likeness (QED) is 0.151. The van der Waals surface area contributed by atoms with Crippen LogP contribution in [0.5, 0.6) is 0 Å². The van der Waals surface area contributed by atoms with Gasteiger partial charge in [-0.3, -0.25) is 19.2 Å². The van der Waals surface area contributed by atoms with Crippen LogP contribution in [0.3, 0.4) is 0 Å². The number of amides is 6. The van der Waals surface area contributed by atoms with Crippen molar-refractivity contribution in [3.63, 3.8) is 0 Å². The third-order valence-electron chi connectivity index (χ3n) is 4.91. The van der Waals surface area contributed by atoms with Gasteiger partial charge in [0.2, 0.25) is 23.6 Å². The first-order valence-electron chi connectivity index (χ1n) is 10.5. The molecule has 1 aliphatic heterocycles. The van der Waals surface area contributed by atoms with E-state index in [0.717, 1.165) is 0 Å². The largest absolute Gasteiger partial charge is 0.368 e. The van der Waals surface area contributed by atoms with Crippen LogP contribution in [-0.4, -0.2) is 96.3 Å². The van der Waals surface area contributed by atoms with Gasteiger partial charge in [-0.2, -0.15) is 23.5 Å². The lowest BCUT2D eigenvalue weighted by Crippen LogP contribution is -2.59. The van der Waals surface area contributed by atoms with Gasteiger partial charge in [-0.25, -0.2) is 4.79 Å². The van der Waals surface area contributed by atoms with Crippen LogP contribution >= 0.6 is 23.5 Å². The second-order valence-corrected chi connectivity index (χ2v) is 9.12. The zero-order valence-electron chi connectivity index (χ0n) is 19.1. The SMILES string of the molecule is C=CCNC(=O)N[C@H]1CCN(C(=O)CSC)[C@@H]1C(=O)N[C@@H](CCCNC(=O)CSC)C(N)=O. The topological polar surface area (TPSA) is 163 Å². The summed E-state index contributed by atoms with van der Waals surface area (Å²) in [6, 6.07) is -3.05. The summed E-state index contributed by atoms with van der Waals surface area (Å²) in [5, 5.41) is 10.7. The lowest BCUT2D eigenvalue weighted by molar-refractivity contribution is -0.138. The first-order valence-corrected chi connectivity index (χ1v) is 13.3. The molecule has 0 aromatic heterocycles. The number of urea groups is 1. The fraction of sp³-hybridized carbons (Fsp3) is 0.650. The molecule has 0 unspecified atom stereocenters. The molecule has 0 aromatic rings. The van der Waals surface area contributed by atoms with Crippen LogP contribution in [0.1, 0.15) is 19.3 Å². The van der Waals surface area contributed by atoms with E-state index in [1.165, 1.54) is 34.5 Å². The number of carbonyl (C=O) groups excluding carboxylic acids is 5. The molecule has 186 valence electrons. The van der Waals surface area contributed by atoms with E-state index in [1.54, 1.807) is 6.26 Å². The maximum Gasteiger partial charge on any atom is 0.315 e. The van der Waals surface area contributed by atoms with E-state index in [1.807, 2.05) is 6.26 Å². The van der Waals surface area contributed by atoms with Gasteiger partial charge in [0.15, 0.2) is 0 Å². The minimum Gasteiger partial charge on any atom is -0.368 e. The first kappa shape index (κ1) is 28.6. The second-order valence-electron chi connectivity index (χ2n) is 7.39. The molecule has 0 aromatic carbocycles. The normalized spacial score (nSPS) is 18.2. The van der Waals surface area contributed by atoms with Gasteiger partial charge in [-0.1, -0.05) is 6.08 Å². The summed E-state index contributed by atoms with van der Waals surface area (Å²) in [7, 11) is 0. The van der Waals surface area contributed by atoms with Crippen molar-refractivity contribution >= 4 is 53.2 Å². The fourth-order valence-electron chi connectivity index (χ4n) is 3.40. The molecule has 1 saturated heterocycles. The number of hydrogen-bond donors (Lipinski definition) is 5. The molecule has 1 aliphatic rings. The van der Waals surface area contributed by atoms with Crippen molar-refractivity contribution < 1.29 is 24.0 Å². The first-order chi connectivity index (χ1) is 15.7. The van der Waals surface area contributed by atoms with Crippen molar-refractivity contribution in [2.75, 3.05) is 43.7 Å². The zero-order valence-corrected chi connectivity index (χ0v) is 20.7. The minimum atomic E-state index is -0.970. The number of hydrogen-bond acceptors (Lipinski definition) is 7. The second kappa shape index (κ2) is 15.4. The third-order valence-corrected chi connectivity index (χ3v) is 5.99. The molecule has 3 atom stereocenters. The van der Waals surface area contributed by atoms with Crippen molar-refractivity contribution in [1.29, 1.82) is 0 Å². The van der Waals surface area contributed by atoms with E-state index < -0.39 is 36.0 Å². The number of likely N-dealkylation sites (tertiary alicyclic amines) is 1. The van der Waals surface area contributed by atoms with Gasteiger partial charge in [0.25, 0.3) is 0 Å². The number of nitrogens with one attached hydrogen (secondary N) is 4. The highest BCUT2D eigenvalue weighted by Gasteiger charge is 2.43. The van der Waals surface area contributed by atoms with Crippen LogP contribution in [0.25, 0.3) is 0 Å². The molecule has 0 saturated carbocycles. The number of nitrogens with two attached hydrogens (primary N) is 1. The maximum absolute atomic E-state index is 13.1. The van der Waals surface area contributed by atoms with Crippen molar-refractivity contribution in [2.24, 2.45) is 5.73 Å². The molecule has 0 aliphatic carbocycles. The Balaban J connectivity index is 2.83. The zero-order chi connectivity index (χ0) is 24.8. The van der Waals surface area contributed by atoms with Gasteiger partial charge < -0.3 is 31.9 Å². The lowest BCUT2D eigenvalue weighted by atomic mass is 10.1. The Labute approximate surface area is 202 Å². The van der Waals surface area contributed by atoms with Crippen LogP contribution in [-0.2, 0) is 19.2 Å². The third kappa shape index (κ3) is 9.95. The number of thioether (sulfide) groups is 2. The average molecular weight is 503 g/mol. The minimum absolute atomic E-state index is 0.111. The molecule has 1 rings (SSSR count). The number of rotatable bonds is 14. The summed E-state index contributed by atoms with van der Waals surface area (Å²) in [6.45, 7) is 4.42. The molecule has 1 fully saturated rings. The van der Waals surface area contributed by atoms with Crippen LogP contribution < -0.4 is 27.0 Å². The molecule has 0 bridgehead atoms. The number of carbonyl (C=O) groups is 5. The van der Waals surface area contributed by atoms with Crippen LogP contribution in [0, 0.1) is 0 Å². The molecule has 0 radical (unpaired) electrons. The van der Waals surface area contributed by atoms with Crippen molar-refractivity contribution in [1.82, 2.24) is 26.2 Å². The van der Waals surface area contributed by atoms with E-state index in [4.69, 9.17) is 5.73 Å². The maximum atomic E-state index is 13.1. The van der Waals surface area contributed by atoms with Gasteiger partial charge in [-0.05, 0) is 31.8 Å². The molecule has 13 heteroatoms. The molecular weight excluding hydrogens is 468 g/mol. The predicted octanol–water partition coefficient (Wildman–Crippen LogP) is -0.966. The average Bonchev–Trinajstić information content (AvgIpc) is 3.18. The highest BCUT2D eigenvalue weighted by atomic mass is 32.2. The Morgan fingerprint density at radius 2 is 1.85 bits per heavy atom. The van der Waals surface area contributed by atoms with E-state index in [2.05, 4.69) is 27.8 Å². The lowest BCUT2D eigenvalue weighted by Gasteiger charge is -2.29. The molecule has 0 spiro atoms. The van der Waals surface area contributed by atoms with Gasteiger partial charge in [0.05, 0.1) is 17.5 Å². The van der Waals surface area contributed by atoms with E-state index in [0.29, 0.717) is 31.7 Å². The Morgan fingerprint density at radius 3 is 2.45 bits per heavy atom. The van der Waals surface area contributed by atoms with E-state index in [-0.39, 0.29) is 30.5 Å². The van der Waals surface area contributed by atoms with Crippen LogP contribution in [0.4, 0.5) is 4.79 Å². The van der Waals surface area contributed by atoms with E-state index >= 15 is 0 Å². The Kier molecular flexibility index (Phi) is 13.4. The standard InChI is InChI=1S/C20H34N6O5S2/c1-4-8-23-20(31)25-13-7-10-26(16(28)12-33-3)17(13)19(30)24-14(18(21)29)6-5-9-22-15(27)11-32-2/h4,13-14,17H,1,5-12H2,2-3H3,(H2,21,29)(H,22,27)(H,24,30)(H2,23,25,31)/t13-,14-,17-/m0/s1. The predicted molar refractivity (Wildman–Crippen MR) is 131 cm³/mol. The summed E-state index contributed by atoms with van der Waals surface area (Å²) in [6.07, 6.45) is 6.17. The van der Waals surface area contributed by atoms with Gasteiger partial charge in [0.1, 0.15) is 12.1 Å². The van der Waals surface area contributed by atoms with E-state index in [9.17, 15) is 24.0 Å². The summed E-state index contributed by atoms with van der Waals surface area (Å²) < 4.78 is 0. The Morgan fingerprint density at radius 1 is 1.15 bits per heavy atom. The number of primary amides is 1. The summed E-state index contributed by atoms with van der Waals surface area (Å²) in [4.78, 5) is 62.7. The molecular formula is C20H34N6O5S2. The Hall–Kier alpha value is -2.41. The summed E-state index contributed by atoms with van der Waals surface area (Å²) in [5.74, 6) is -1.09. The van der Waals surface area contributed by atoms with Gasteiger partial charge in [-0.15, -0.1) is 6.58 Å². The van der Waals surface area contributed by atoms with Gasteiger partial charge in [0, 0.05) is 19.6 Å². The summed E-state index contributed by atoms with van der Waals surface area (Å²) in [5.41, 5.74) is 5.47. The number of nitrogens with zero attached hydrogens (tertiary/aromatic N) is 1. The molecule has 11 nitrogen and oxygen atoms in total. The van der Waals surface area contributed by atoms with Crippen molar-refractivity contribution in [2.45, 2.75) is 37.4 Å². The highest BCUT2D eigenvalue weighted by molar-refractivity contribution is 7.99. The fourth-order valence-corrected chi connectivity index (χ4v) is 4.17. The van der Waals surface area contributed by atoms with Crippen molar-refractivity contribution in [3.8, 4) is 0 Å². The van der Waals surface area contributed by atoms with Crippen molar-refractivity contribution in [3.05, 3.63) is 12.7 Å². The smallest absolute Gasteiger partial charge is 0.315 e. The molecule has 6 N–H and O–H groups in total. The summed E-state index contributed by atoms with van der Waals surface area (Å²) >= 11 is 2.73. The van der Waals surface area contributed by atoms with Crippen LogP contribution in [0.2, 0.25) is 0 Å². The Bertz CT molecular complexity index is 723. The monoisotopic (exact) mass is 502 g/mol. The molecule has 33 heavy (non-hydrogen) atoms.